The van der Waals surface area contributed by atoms with Crippen LogP contribution in [0.5, 0.6) is 0 Å². The molecule has 96 valence electrons. The summed E-state index contributed by atoms with van der Waals surface area (Å²) in [6.07, 6.45) is -4.84. The second-order valence-corrected chi connectivity index (χ2v) is 3.28. The quantitative estimate of drug-likeness (QED) is 0.677. The van der Waals surface area contributed by atoms with Gasteiger partial charge in [0.05, 0.1) is 4.92 Å². The molecule has 0 bridgehead atoms. The molecule has 0 aromatic heterocycles. The van der Waals surface area contributed by atoms with Crippen LogP contribution in [0, 0.1) is 10.1 Å². The first-order valence-corrected chi connectivity index (χ1v) is 4.36. The van der Waals surface area contributed by atoms with Gasteiger partial charge in [-0.05, 0) is 12.0 Å². The van der Waals surface area contributed by atoms with E-state index in [0.717, 1.165) is 12.1 Å². The van der Waals surface area contributed by atoms with Gasteiger partial charge in [-0.1, -0.05) is 12.1 Å². The Morgan fingerprint density at radius 2 is 1.76 bits per heavy atom. The minimum atomic E-state index is -4.46. The standard InChI is InChI=1S/C9H9F3N2O2.ClH/c10-9(11,12)8(13)5-6-1-3-7(4-2-6)14(15)16;/h1-4,8H,5,13H2;1H. The zero-order valence-electron chi connectivity index (χ0n) is 8.48. The van der Waals surface area contributed by atoms with Gasteiger partial charge in [-0.3, -0.25) is 10.1 Å². The summed E-state index contributed by atoms with van der Waals surface area (Å²) in [6, 6.07) is 2.89. The Morgan fingerprint density at radius 1 is 1.29 bits per heavy atom. The summed E-state index contributed by atoms with van der Waals surface area (Å²) in [6.45, 7) is 0. The summed E-state index contributed by atoms with van der Waals surface area (Å²) in [5, 5.41) is 10.3. The van der Waals surface area contributed by atoms with Crippen molar-refractivity contribution in [2.75, 3.05) is 0 Å². The molecule has 0 heterocycles. The Balaban J connectivity index is 0.00000256. The van der Waals surface area contributed by atoms with Crippen LogP contribution < -0.4 is 5.73 Å². The molecule has 0 aliphatic rings. The number of benzene rings is 1. The lowest BCUT2D eigenvalue weighted by Gasteiger charge is -2.15. The molecule has 0 amide bonds. The summed E-state index contributed by atoms with van der Waals surface area (Å²) < 4.78 is 36.3. The highest BCUT2D eigenvalue weighted by molar-refractivity contribution is 5.85. The zero-order chi connectivity index (χ0) is 12.3. The van der Waals surface area contributed by atoms with Gasteiger partial charge < -0.3 is 5.73 Å². The van der Waals surface area contributed by atoms with Crippen molar-refractivity contribution in [2.24, 2.45) is 5.73 Å². The molecule has 0 aliphatic carbocycles. The predicted molar refractivity (Wildman–Crippen MR) is 58.1 cm³/mol. The van der Waals surface area contributed by atoms with E-state index in [0.29, 0.717) is 5.56 Å². The highest BCUT2D eigenvalue weighted by Gasteiger charge is 2.36. The molecule has 1 aromatic rings. The van der Waals surface area contributed by atoms with Crippen molar-refractivity contribution in [1.29, 1.82) is 0 Å². The van der Waals surface area contributed by atoms with Crippen LogP contribution in [0.1, 0.15) is 5.56 Å². The fraction of sp³-hybridized carbons (Fsp3) is 0.333. The number of hydrogen-bond donors (Lipinski definition) is 1. The first-order chi connectivity index (χ1) is 7.30. The predicted octanol–water partition coefficient (Wildman–Crippen LogP) is 2.45. The normalized spacial score (nSPS) is 12.7. The molecule has 0 saturated carbocycles. The lowest BCUT2D eigenvalue weighted by Crippen LogP contribution is -2.39. The molecular formula is C9H10ClF3N2O2. The van der Waals surface area contributed by atoms with Crippen molar-refractivity contribution in [3.8, 4) is 0 Å². The Morgan fingerprint density at radius 3 is 2.12 bits per heavy atom. The summed E-state index contributed by atoms with van der Waals surface area (Å²) in [5.74, 6) is 0. The van der Waals surface area contributed by atoms with E-state index in [1.807, 2.05) is 0 Å². The number of nitrogens with zero attached hydrogens (tertiary/aromatic N) is 1. The average molecular weight is 271 g/mol. The van der Waals surface area contributed by atoms with E-state index in [4.69, 9.17) is 5.73 Å². The fourth-order valence-corrected chi connectivity index (χ4v) is 1.12. The van der Waals surface area contributed by atoms with Gasteiger partial charge in [0.1, 0.15) is 6.04 Å². The number of hydrogen-bond acceptors (Lipinski definition) is 3. The molecule has 0 spiro atoms. The topological polar surface area (TPSA) is 69.2 Å². The summed E-state index contributed by atoms with van der Waals surface area (Å²) in [7, 11) is 0. The number of nitrogens with two attached hydrogens (primary N) is 1. The van der Waals surface area contributed by atoms with Crippen LogP contribution in [0.15, 0.2) is 24.3 Å². The van der Waals surface area contributed by atoms with E-state index in [9.17, 15) is 23.3 Å². The molecule has 1 atom stereocenters. The summed E-state index contributed by atoms with van der Waals surface area (Å²) in [5.41, 5.74) is 5.07. The monoisotopic (exact) mass is 270 g/mol. The van der Waals surface area contributed by atoms with Crippen molar-refractivity contribution in [3.63, 3.8) is 0 Å². The van der Waals surface area contributed by atoms with E-state index < -0.39 is 17.1 Å². The largest absolute Gasteiger partial charge is 0.403 e. The molecule has 1 rings (SSSR count). The Kier molecular flexibility index (Phi) is 5.37. The highest BCUT2D eigenvalue weighted by atomic mass is 35.5. The van der Waals surface area contributed by atoms with Gasteiger partial charge in [-0.25, -0.2) is 0 Å². The number of alkyl halides is 3. The van der Waals surface area contributed by atoms with Crippen LogP contribution in [0.3, 0.4) is 0 Å². The average Bonchev–Trinajstić information content (AvgIpc) is 2.17. The molecular weight excluding hydrogens is 261 g/mol. The van der Waals surface area contributed by atoms with Crippen molar-refractivity contribution >= 4 is 18.1 Å². The minimum Gasteiger partial charge on any atom is -0.320 e. The van der Waals surface area contributed by atoms with Crippen LogP contribution in [0.4, 0.5) is 18.9 Å². The molecule has 0 saturated heterocycles. The van der Waals surface area contributed by atoms with E-state index in [1.54, 1.807) is 0 Å². The molecule has 4 nitrogen and oxygen atoms in total. The molecule has 2 N–H and O–H groups in total. The number of halogens is 4. The maximum absolute atomic E-state index is 12.1. The SMILES string of the molecule is Cl.NC(Cc1ccc([N+](=O)[O-])cc1)C(F)(F)F. The smallest absolute Gasteiger partial charge is 0.320 e. The summed E-state index contributed by atoms with van der Waals surface area (Å²) in [4.78, 5) is 9.68. The van der Waals surface area contributed by atoms with Gasteiger partial charge in [0, 0.05) is 12.1 Å². The first kappa shape index (κ1) is 15.7. The van der Waals surface area contributed by atoms with Crippen LogP contribution in [0.2, 0.25) is 0 Å². The van der Waals surface area contributed by atoms with Crippen LogP contribution in [-0.4, -0.2) is 17.1 Å². The molecule has 8 heteroatoms. The molecule has 0 fully saturated rings. The van der Waals surface area contributed by atoms with E-state index in [1.165, 1.54) is 12.1 Å². The van der Waals surface area contributed by atoms with Crippen LogP contribution >= 0.6 is 12.4 Å². The van der Waals surface area contributed by atoms with Gasteiger partial charge in [-0.2, -0.15) is 13.2 Å². The van der Waals surface area contributed by atoms with Gasteiger partial charge in [0.25, 0.3) is 5.69 Å². The third-order valence-corrected chi connectivity index (χ3v) is 2.02. The molecule has 0 radical (unpaired) electrons. The second kappa shape index (κ2) is 5.83. The molecule has 1 unspecified atom stereocenters. The van der Waals surface area contributed by atoms with Gasteiger partial charge in [0.15, 0.2) is 0 Å². The number of non-ortho nitro benzene ring substituents is 1. The first-order valence-electron chi connectivity index (χ1n) is 4.36. The van der Waals surface area contributed by atoms with Crippen molar-refractivity contribution in [1.82, 2.24) is 0 Å². The minimum absolute atomic E-state index is 0. The maximum Gasteiger partial charge on any atom is 0.403 e. The Hall–Kier alpha value is -1.34. The second-order valence-electron chi connectivity index (χ2n) is 3.28. The van der Waals surface area contributed by atoms with Crippen LogP contribution in [0.25, 0.3) is 0 Å². The maximum atomic E-state index is 12.1. The lowest BCUT2D eigenvalue weighted by atomic mass is 10.1. The lowest BCUT2D eigenvalue weighted by molar-refractivity contribution is -0.384. The summed E-state index contributed by atoms with van der Waals surface area (Å²) >= 11 is 0. The van der Waals surface area contributed by atoms with E-state index in [-0.39, 0.29) is 24.5 Å². The van der Waals surface area contributed by atoms with Gasteiger partial charge in [0.2, 0.25) is 0 Å². The molecule has 1 aromatic carbocycles. The fourth-order valence-electron chi connectivity index (χ4n) is 1.12. The third kappa shape index (κ3) is 4.58. The van der Waals surface area contributed by atoms with Crippen molar-refractivity contribution in [2.45, 2.75) is 18.6 Å². The van der Waals surface area contributed by atoms with E-state index >= 15 is 0 Å². The Bertz CT molecular complexity index is 381. The zero-order valence-corrected chi connectivity index (χ0v) is 9.29. The molecule has 0 aliphatic heterocycles. The number of nitro groups is 1. The Labute approximate surface area is 101 Å². The third-order valence-electron chi connectivity index (χ3n) is 2.02. The number of rotatable bonds is 3. The van der Waals surface area contributed by atoms with Crippen LogP contribution in [-0.2, 0) is 6.42 Å². The van der Waals surface area contributed by atoms with Crippen molar-refractivity contribution < 1.29 is 18.1 Å². The van der Waals surface area contributed by atoms with Gasteiger partial charge in [-0.15, -0.1) is 12.4 Å². The van der Waals surface area contributed by atoms with Crippen molar-refractivity contribution in [3.05, 3.63) is 39.9 Å². The van der Waals surface area contributed by atoms with Gasteiger partial charge >= 0.3 is 6.18 Å². The molecule has 17 heavy (non-hydrogen) atoms. The van der Waals surface area contributed by atoms with E-state index in [2.05, 4.69) is 0 Å². The number of nitro benzene ring substituents is 1. The highest BCUT2D eigenvalue weighted by Crippen LogP contribution is 2.22.